The standard InChI is InChI=1S/C31H42N2O5S/c1-6-9-18-38-29(37)25-24-27(35)33(23(20-34)21(4)8-3)26(31(24)16-15-30(25,5)39-31)28(36)32(17-7-2)19-22-13-11-10-12-14-22/h6-7,10-14,21,23-26,34H,1-2,8-9,15-20H2,3-5H3/t21-,23-,24-,25-,26?,30+,31?/m0/s1. The Bertz CT molecular complexity index is 1100. The molecule has 0 aromatic heterocycles. The first kappa shape index (κ1) is 29.4. The van der Waals surface area contributed by atoms with Gasteiger partial charge in [-0.05, 0) is 37.7 Å². The Morgan fingerprint density at radius 1 is 1.26 bits per heavy atom. The van der Waals surface area contributed by atoms with Crippen molar-refractivity contribution in [1.82, 2.24) is 9.80 Å². The number of carbonyl (C=O) groups is 3. The van der Waals surface area contributed by atoms with Crippen LogP contribution in [-0.4, -0.2) is 74.0 Å². The second-order valence-electron chi connectivity index (χ2n) is 11.3. The highest BCUT2D eigenvalue weighted by Crippen LogP contribution is 2.72. The van der Waals surface area contributed by atoms with Crippen molar-refractivity contribution in [1.29, 1.82) is 0 Å². The number of carbonyl (C=O) groups excluding carboxylic acids is 3. The fourth-order valence-corrected chi connectivity index (χ4v) is 9.20. The van der Waals surface area contributed by atoms with Crippen LogP contribution in [0, 0.1) is 17.8 Å². The molecule has 3 aliphatic rings. The summed E-state index contributed by atoms with van der Waals surface area (Å²) in [6.45, 7) is 14.3. The van der Waals surface area contributed by atoms with E-state index >= 15 is 0 Å². The Morgan fingerprint density at radius 3 is 2.59 bits per heavy atom. The van der Waals surface area contributed by atoms with Gasteiger partial charge in [0.05, 0.1) is 35.8 Å². The minimum Gasteiger partial charge on any atom is -0.465 e. The Balaban J connectivity index is 1.78. The van der Waals surface area contributed by atoms with Crippen LogP contribution in [0.4, 0.5) is 0 Å². The summed E-state index contributed by atoms with van der Waals surface area (Å²) in [5.74, 6) is -2.10. The van der Waals surface area contributed by atoms with E-state index in [1.807, 2.05) is 51.1 Å². The van der Waals surface area contributed by atoms with Crippen molar-refractivity contribution in [2.45, 2.75) is 74.6 Å². The molecule has 3 fully saturated rings. The number of aliphatic hydroxyl groups is 1. The summed E-state index contributed by atoms with van der Waals surface area (Å²) in [5, 5.41) is 10.5. The third kappa shape index (κ3) is 5.06. The van der Waals surface area contributed by atoms with E-state index < -0.39 is 33.4 Å². The lowest BCUT2D eigenvalue weighted by molar-refractivity contribution is -0.156. The zero-order valence-corrected chi connectivity index (χ0v) is 24.2. The van der Waals surface area contributed by atoms with Crippen LogP contribution in [0.25, 0.3) is 0 Å². The monoisotopic (exact) mass is 554 g/mol. The molecule has 212 valence electrons. The van der Waals surface area contributed by atoms with E-state index in [0.717, 1.165) is 12.0 Å². The number of esters is 1. The highest BCUT2D eigenvalue weighted by molar-refractivity contribution is 8.02. The molecule has 7 atom stereocenters. The number of likely N-dealkylation sites (tertiary alicyclic amines) is 1. The lowest BCUT2D eigenvalue weighted by Gasteiger charge is -2.41. The summed E-state index contributed by atoms with van der Waals surface area (Å²) in [7, 11) is 0. The van der Waals surface area contributed by atoms with E-state index in [2.05, 4.69) is 13.2 Å². The average Bonchev–Trinajstić information content (AvgIpc) is 3.50. The van der Waals surface area contributed by atoms with Gasteiger partial charge in [-0.3, -0.25) is 14.4 Å². The topological polar surface area (TPSA) is 87.1 Å². The van der Waals surface area contributed by atoms with Crippen molar-refractivity contribution in [3.63, 3.8) is 0 Å². The van der Waals surface area contributed by atoms with E-state index in [0.29, 0.717) is 32.4 Å². The number of aliphatic hydroxyl groups excluding tert-OH is 1. The molecule has 3 aliphatic heterocycles. The molecule has 1 aromatic carbocycles. The lowest BCUT2D eigenvalue weighted by atomic mass is 9.66. The number of ether oxygens (including phenoxy) is 1. The zero-order chi connectivity index (χ0) is 28.4. The molecule has 3 saturated heterocycles. The third-order valence-corrected chi connectivity index (χ3v) is 11.0. The average molecular weight is 555 g/mol. The molecule has 0 radical (unpaired) electrons. The van der Waals surface area contributed by atoms with Gasteiger partial charge in [0, 0.05) is 17.8 Å². The van der Waals surface area contributed by atoms with Crippen LogP contribution >= 0.6 is 11.8 Å². The van der Waals surface area contributed by atoms with Gasteiger partial charge in [0.15, 0.2) is 0 Å². The number of hydrogen-bond acceptors (Lipinski definition) is 6. The van der Waals surface area contributed by atoms with Crippen molar-refractivity contribution >= 4 is 29.5 Å². The molecule has 0 saturated carbocycles. The second-order valence-corrected chi connectivity index (χ2v) is 13.2. The maximum Gasteiger partial charge on any atom is 0.311 e. The molecule has 0 aliphatic carbocycles. The van der Waals surface area contributed by atoms with E-state index in [1.165, 1.54) is 0 Å². The maximum atomic E-state index is 14.6. The summed E-state index contributed by atoms with van der Waals surface area (Å²) in [6.07, 6.45) is 6.05. The number of benzene rings is 1. The third-order valence-electron chi connectivity index (χ3n) is 8.99. The molecule has 1 N–H and O–H groups in total. The number of thioether (sulfide) groups is 1. The summed E-state index contributed by atoms with van der Waals surface area (Å²) < 4.78 is 4.38. The fourth-order valence-electron chi connectivity index (χ4n) is 6.87. The van der Waals surface area contributed by atoms with Crippen LogP contribution in [0.3, 0.4) is 0 Å². The van der Waals surface area contributed by atoms with E-state index in [1.54, 1.807) is 33.7 Å². The number of hydrogen-bond donors (Lipinski definition) is 1. The van der Waals surface area contributed by atoms with Gasteiger partial charge in [0.2, 0.25) is 11.8 Å². The van der Waals surface area contributed by atoms with E-state index in [4.69, 9.17) is 4.74 Å². The van der Waals surface area contributed by atoms with Gasteiger partial charge in [-0.25, -0.2) is 0 Å². The summed E-state index contributed by atoms with van der Waals surface area (Å²) in [6, 6.07) is 8.45. The van der Waals surface area contributed by atoms with Crippen LogP contribution in [-0.2, 0) is 25.7 Å². The van der Waals surface area contributed by atoms with Crippen molar-refractivity contribution in [2.75, 3.05) is 19.8 Å². The van der Waals surface area contributed by atoms with Crippen molar-refractivity contribution < 1.29 is 24.2 Å². The zero-order valence-electron chi connectivity index (χ0n) is 23.4. The molecular formula is C31H42N2O5S. The van der Waals surface area contributed by atoms with Crippen molar-refractivity contribution in [3.8, 4) is 0 Å². The smallest absolute Gasteiger partial charge is 0.311 e. The first-order valence-corrected chi connectivity index (χ1v) is 14.8. The van der Waals surface area contributed by atoms with Gasteiger partial charge in [-0.2, -0.15) is 0 Å². The van der Waals surface area contributed by atoms with Gasteiger partial charge in [0.25, 0.3) is 0 Å². The van der Waals surface area contributed by atoms with Gasteiger partial charge >= 0.3 is 5.97 Å². The predicted molar refractivity (Wildman–Crippen MR) is 154 cm³/mol. The molecule has 7 nitrogen and oxygen atoms in total. The predicted octanol–water partition coefficient (Wildman–Crippen LogP) is 4.21. The second kappa shape index (κ2) is 11.9. The van der Waals surface area contributed by atoms with E-state index in [9.17, 15) is 19.5 Å². The highest BCUT2D eigenvalue weighted by atomic mass is 32.2. The van der Waals surface area contributed by atoms with Crippen LogP contribution in [0.2, 0.25) is 0 Å². The first-order valence-electron chi connectivity index (χ1n) is 14.0. The number of fused-ring (bicyclic) bond motifs is 1. The van der Waals surface area contributed by atoms with Gasteiger partial charge in [0.1, 0.15) is 6.04 Å². The molecule has 3 heterocycles. The highest BCUT2D eigenvalue weighted by Gasteiger charge is 2.78. The fraction of sp³-hybridized carbons (Fsp3) is 0.581. The van der Waals surface area contributed by atoms with E-state index in [-0.39, 0.29) is 36.9 Å². The van der Waals surface area contributed by atoms with Crippen molar-refractivity contribution in [2.24, 2.45) is 17.8 Å². The molecule has 1 aromatic rings. The SMILES string of the molecule is C=CCCOC(=O)[C@@H]1[C@H]2C(=O)N([C@@H](CO)[C@@H](C)CC)C(C(=O)N(CC=C)Cc3ccccc3)C23CC[C@@]1(C)S3. The minimum atomic E-state index is -0.789. The minimum absolute atomic E-state index is 0.0257. The van der Waals surface area contributed by atoms with Crippen LogP contribution in [0.15, 0.2) is 55.6 Å². The van der Waals surface area contributed by atoms with Crippen LogP contribution in [0.1, 0.15) is 52.0 Å². The molecule has 2 bridgehead atoms. The quantitative estimate of drug-likeness (QED) is 0.223. The lowest BCUT2D eigenvalue weighted by Crippen LogP contribution is -2.58. The number of rotatable bonds is 13. The van der Waals surface area contributed by atoms with Gasteiger partial charge < -0.3 is 19.6 Å². The number of nitrogens with zero attached hydrogens (tertiary/aromatic N) is 2. The normalized spacial score (nSPS) is 30.5. The van der Waals surface area contributed by atoms with Crippen LogP contribution < -0.4 is 0 Å². The molecular weight excluding hydrogens is 512 g/mol. The van der Waals surface area contributed by atoms with Gasteiger partial charge in [-0.1, -0.05) is 62.8 Å². The summed E-state index contributed by atoms with van der Waals surface area (Å²) in [4.78, 5) is 45.9. The largest absolute Gasteiger partial charge is 0.465 e. The molecule has 2 amide bonds. The maximum absolute atomic E-state index is 14.6. The Hall–Kier alpha value is -2.58. The molecule has 4 rings (SSSR count). The first-order chi connectivity index (χ1) is 18.7. The van der Waals surface area contributed by atoms with Gasteiger partial charge in [-0.15, -0.1) is 24.9 Å². The molecule has 1 spiro atoms. The Kier molecular flexibility index (Phi) is 8.96. The summed E-state index contributed by atoms with van der Waals surface area (Å²) in [5.41, 5.74) is 0.984. The van der Waals surface area contributed by atoms with Crippen molar-refractivity contribution in [3.05, 3.63) is 61.2 Å². The Morgan fingerprint density at radius 2 is 1.97 bits per heavy atom. The number of amides is 2. The Labute approximate surface area is 236 Å². The molecule has 39 heavy (non-hydrogen) atoms. The molecule has 2 unspecified atom stereocenters. The summed E-state index contributed by atoms with van der Waals surface area (Å²) >= 11 is 1.62. The molecule has 8 heteroatoms. The van der Waals surface area contributed by atoms with Crippen LogP contribution in [0.5, 0.6) is 0 Å².